The number of hydrogen-bond donors (Lipinski definition) is 2. The van der Waals surface area contributed by atoms with E-state index >= 15 is 0 Å². The Morgan fingerprint density at radius 3 is 2.82 bits per heavy atom. The Hall–Kier alpha value is -1.00. The molecule has 0 radical (unpaired) electrons. The minimum atomic E-state index is -0.369. The van der Waals surface area contributed by atoms with Crippen molar-refractivity contribution in [2.24, 2.45) is 0 Å². The highest BCUT2D eigenvalue weighted by molar-refractivity contribution is 7.99. The van der Waals surface area contributed by atoms with Gasteiger partial charge < -0.3 is 0 Å². The third-order valence-corrected chi connectivity index (χ3v) is 3.66. The third kappa shape index (κ3) is 5.24. The van der Waals surface area contributed by atoms with E-state index in [-0.39, 0.29) is 12.3 Å². The molecule has 0 saturated heterocycles. The molecule has 1 amide bonds. The predicted molar refractivity (Wildman–Crippen MR) is 70.3 cm³/mol. The van der Waals surface area contributed by atoms with Gasteiger partial charge in [0.1, 0.15) is 0 Å². The summed E-state index contributed by atoms with van der Waals surface area (Å²) in [4.78, 5) is 12.3. The van der Waals surface area contributed by atoms with E-state index in [1.807, 2.05) is 24.3 Å². The van der Waals surface area contributed by atoms with Crippen LogP contribution in [0.5, 0.6) is 0 Å². The molecular weight excluding hydrogens is 234 g/mol. The van der Waals surface area contributed by atoms with Crippen molar-refractivity contribution in [2.45, 2.75) is 37.5 Å². The summed E-state index contributed by atoms with van der Waals surface area (Å²) in [6, 6.07) is 7.84. The molecule has 0 saturated carbocycles. The van der Waals surface area contributed by atoms with Crippen molar-refractivity contribution < 1.29 is 10.0 Å². The fraction of sp³-hybridized carbons (Fsp3) is 0.462. The first-order chi connectivity index (χ1) is 8.27. The Balaban J connectivity index is 2.54. The van der Waals surface area contributed by atoms with E-state index in [1.54, 1.807) is 17.2 Å². The first-order valence-electron chi connectivity index (χ1n) is 5.91. The van der Waals surface area contributed by atoms with Crippen LogP contribution in [0.1, 0.15) is 31.7 Å². The molecule has 3 nitrogen and oxygen atoms in total. The van der Waals surface area contributed by atoms with Crippen molar-refractivity contribution in [1.29, 1.82) is 0 Å². The van der Waals surface area contributed by atoms with Gasteiger partial charge in [0.25, 0.3) is 0 Å². The van der Waals surface area contributed by atoms with Crippen LogP contribution in [-0.2, 0) is 11.2 Å². The number of thioether (sulfide) groups is 1. The van der Waals surface area contributed by atoms with Gasteiger partial charge in [-0.25, -0.2) is 5.48 Å². The Morgan fingerprint density at radius 2 is 2.12 bits per heavy atom. The molecule has 0 unspecified atom stereocenters. The summed E-state index contributed by atoms with van der Waals surface area (Å²) in [6.45, 7) is 2.18. The van der Waals surface area contributed by atoms with Crippen LogP contribution in [0.2, 0.25) is 0 Å². The number of carbonyl (C=O) groups is 1. The normalized spacial score (nSPS) is 10.2. The zero-order valence-electron chi connectivity index (χ0n) is 10.1. The van der Waals surface area contributed by atoms with Gasteiger partial charge in [-0.2, -0.15) is 0 Å². The number of rotatable bonds is 7. The van der Waals surface area contributed by atoms with E-state index in [1.165, 1.54) is 19.3 Å². The number of benzene rings is 1. The second-order valence-corrected chi connectivity index (χ2v) is 5.01. The third-order valence-electron chi connectivity index (χ3n) is 2.45. The maximum atomic E-state index is 11.1. The van der Waals surface area contributed by atoms with Crippen LogP contribution in [0.25, 0.3) is 0 Å². The van der Waals surface area contributed by atoms with Gasteiger partial charge in [-0.3, -0.25) is 10.0 Å². The van der Waals surface area contributed by atoms with Crippen LogP contribution in [0, 0.1) is 0 Å². The molecule has 0 heterocycles. The summed E-state index contributed by atoms with van der Waals surface area (Å²) in [7, 11) is 0. The van der Waals surface area contributed by atoms with Crippen molar-refractivity contribution in [2.75, 3.05) is 5.75 Å². The van der Waals surface area contributed by atoms with Gasteiger partial charge in [-0.1, -0.05) is 38.0 Å². The first kappa shape index (κ1) is 14.1. The van der Waals surface area contributed by atoms with Crippen molar-refractivity contribution in [3.8, 4) is 0 Å². The maximum absolute atomic E-state index is 11.1. The Bertz CT molecular complexity index is 355. The van der Waals surface area contributed by atoms with E-state index in [9.17, 15) is 4.79 Å². The van der Waals surface area contributed by atoms with Crippen LogP contribution in [0.3, 0.4) is 0 Å². The van der Waals surface area contributed by atoms with Crippen molar-refractivity contribution in [3.63, 3.8) is 0 Å². The molecular formula is C13H19NO2S. The lowest BCUT2D eigenvalue weighted by Crippen LogP contribution is -2.20. The van der Waals surface area contributed by atoms with Crippen molar-refractivity contribution in [1.82, 2.24) is 5.48 Å². The number of carbonyl (C=O) groups excluding carboxylic acids is 1. The van der Waals surface area contributed by atoms with Crippen LogP contribution in [-0.4, -0.2) is 16.9 Å². The highest BCUT2D eigenvalue weighted by atomic mass is 32.2. The fourth-order valence-electron chi connectivity index (χ4n) is 1.54. The number of hydroxylamine groups is 1. The molecule has 0 fully saturated rings. The monoisotopic (exact) mass is 253 g/mol. The van der Waals surface area contributed by atoms with Gasteiger partial charge in [-0.05, 0) is 23.8 Å². The molecule has 17 heavy (non-hydrogen) atoms. The molecule has 1 aromatic carbocycles. The van der Waals surface area contributed by atoms with Crippen molar-refractivity contribution >= 4 is 17.7 Å². The summed E-state index contributed by atoms with van der Waals surface area (Å²) in [5.74, 6) is 0.706. The van der Waals surface area contributed by atoms with Gasteiger partial charge in [0.2, 0.25) is 5.91 Å². The maximum Gasteiger partial charge on any atom is 0.247 e. The summed E-state index contributed by atoms with van der Waals surface area (Å²) in [5.41, 5.74) is 2.64. The average molecular weight is 253 g/mol. The predicted octanol–water partition coefficient (Wildman–Crippen LogP) is 3.02. The summed E-state index contributed by atoms with van der Waals surface area (Å²) in [5, 5.41) is 8.53. The number of nitrogens with one attached hydrogen (secondary N) is 1. The van der Waals surface area contributed by atoms with E-state index in [4.69, 9.17) is 5.21 Å². The largest absolute Gasteiger partial charge is 0.289 e. The van der Waals surface area contributed by atoms with Crippen LogP contribution >= 0.6 is 11.8 Å². The van der Waals surface area contributed by atoms with Crippen molar-refractivity contribution in [3.05, 3.63) is 29.8 Å². The minimum absolute atomic E-state index is 0.230. The number of unbranched alkanes of at least 4 members (excludes halogenated alkanes) is 2. The SMILES string of the molecule is CCCCCSc1ccccc1CC(=O)NO. The fourth-order valence-corrected chi connectivity index (χ4v) is 2.61. The van der Waals surface area contributed by atoms with Gasteiger partial charge in [0.05, 0.1) is 6.42 Å². The quantitative estimate of drug-likeness (QED) is 0.340. The molecule has 94 valence electrons. The van der Waals surface area contributed by atoms with E-state index in [0.717, 1.165) is 16.2 Å². The lowest BCUT2D eigenvalue weighted by molar-refractivity contribution is -0.128. The Labute approximate surface area is 107 Å². The zero-order valence-corrected chi connectivity index (χ0v) is 10.9. The average Bonchev–Trinajstić information content (AvgIpc) is 2.36. The topological polar surface area (TPSA) is 49.3 Å². The first-order valence-corrected chi connectivity index (χ1v) is 6.90. The Kier molecular flexibility index (Phi) is 6.74. The molecule has 0 aliphatic heterocycles. The molecule has 0 aliphatic carbocycles. The molecule has 4 heteroatoms. The smallest absolute Gasteiger partial charge is 0.247 e. The molecule has 0 aromatic heterocycles. The van der Waals surface area contributed by atoms with Gasteiger partial charge in [0, 0.05) is 4.90 Å². The summed E-state index contributed by atoms with van der Waals surface area (Å²) in [6.07, 6.45) is 3.89. The molecule has 2 N–H and O–H groups in total. The highest BCUT2D eigenvalue weighted by Crippen LogP contribution is 2.24. The summed E-state index contributed by atoms with van der Waals surface area (Å²) >= 11 is 1.78. The molecule has 0 bridgehead atoms. The Morgan fingerprint density at radius 1 is 1.35 bits per heavy atom. The molecule has 0 atom stereocenters. The highest BCUT2D eigenvalue weighted by Gasteiger charge is 2.06. The van der Waals surface area contributed by atoms with Gasteiger partial charge in [-0.15, -0.1) is 11.8 Å². The molecule has 1 aromatic rings. The second kappa shape index (κ2) is 8.14. The number of amides is 1. The summed E-state index contributed by atoms with van der Waals surface area (Å²) < 4.78 is 0. The van der Waals surface area contributed by atoms with Crippen LogP contribution in [0.4, 0.5) is 0 Å². The van der Waals surface area contributed by atoms with E-state index in [0.29, 0.717) is 0 Å². The number of hydrogen-bond acceptors (Lipinski definition) is 3. The minimum Gasteiger partial charge on any atom is -0.289 e. The molecule has 1 rings (SSSR count). The molecule has 0 spiro atoms. The standard InChI is InChI=1S/C13H19NO2S/c1-2-3-6-9-17-12-8-5-4-7-11(12)10-13(15)14-16/h4-5,7-8,16H,2-3,6,9-10H2,1H3,(H,14,15). The van der Waals surface area contributed by atoms with E-state index in [2.05, 4.69) is 6.92 Å². The van der Waals surface area contributed by atoms with Gasteiger partial charge in [0.15, 0.2) is 0 Å². The van der Waals surface area contributed by atoms with Crippen LogP contribution < -0.4 is 5.48 Å². The molecule has 0 aliphatic rings. The lowest BCUT2D eigenvalue weighted by Gasteiger charge is -2.07. The van der Waals surface area contributed by atoms with E-state index < -0.39 is 0 Å². The lowest BCUT2D eigenvalue weighted by atomic mass is 10.1. The van der Waals surface area contributed by atoms with Crippen LogP contribution in [0.15, 0.2) is 29.2 Å². The van der Waals surface area contributed by atoms with Gasteiger partial charge >= 0.3 is 0 Å². The second-order valence-electron chi connectivity index (χ2n) is 3.88. The zero-order chi connectivity index (χ0) is 12.5.